The molecular weight excluding hydrogens is 588 g/mol. The van der Waals surface area contributed by atoms with E-state index in [4.69, 9.17) is 16.6 Å². The van der Waals surface area contributed by atoms with Crippen LogP contribution in [0.2, 0.25) is 5.02 Å². The lowest BCUT2D eigenvalue weighted by atomic mass is 10.0. The van der Waals surface area contributed by atoms with Crippen molar-refractivity contribution in [2.75, 3.05) is 0 Å². The standard InChI is InChI=1S/C25H15Br2ClN2O2S/c26-17-8-6-15(7-9-17)21-13-20(14-4-2-1-3-5-14)29-25-30(21)24(32)22(33-25)11-16-10-18(27)12-19(28)23(16)31/h1-13,21,31H. The third-order valence-electron chi connectivity index (χ3n) is 5.27. The Balaban J connectivity index is 1.75. The van der Waals surface area contributed by atoms with Gasteiger partial charge in [0.2, 0.25) is 0 Å². The zero-order chi connectivity index (χ0) is 23.1. The predicted molar refractivity (Wildman–Crippen MR) is 140 cm³/mol. The topological polar surface area (TPSA) is 54.6 Å². The molecule has 1 unspecified atom stereocenters. The van der Waals surface area contributed by atoms with Crippen molar-refractivity contribution in [3.63, 3.8) is 0 Å². The molecule has 0 saturated carbocycles. The molecule has 0 aliphatic carbocycles. The van der Waals surface area contributed by atoms with Gasteiger partial charge in [0.1, 0.15) is 5.75 Å². The summed E-state index contributed by atoms with van der Waals surface area (Å²) in [6, 6.07) is 20.8. The van der Waals surface area contributed by atoms with Gasteiger partial charge in [-0.15, -0.1) is 0 Å². The number of phenols is 1. The Labute approximate surface area is 215 Å². The number of nitrogens with zero attached hydrogens (tertiary/aromatic N) is 2. The molecule has 1 aliphatic rings. The van der Waals surface area contributed by atoms with Gasteiger partial charge in [0.15, 0.2) is 4.80 Å². The summed E-state index contributed by atoms with van der Waals surface area (Å²) >= 11 is 14.3. The van der Waals surface area contributed by atoms with Gasteiger partial charge >= 0.3 is 0 Å². The van der Waals surface area contributed by atoms with Gasteiger partial charge in [0, 0.05) is 14.5 Å². The van der Waals surface area contributed by atoms with Crippen LogP contribution >= 0.6 is 54.8 Å². The number of hydrogen-bond acceptors (Lipinski definition) is 4. The SMILES string of the molecule is O=c1c(=Cc2cc(Br)cc(Cl)c2O)sc2n1C(c1ccc(Br)cc1)C=C(c1ccccc1)N=2. The Morgan fingerprint density at radius 3 is 2.48 bits per heavy atom. The molecule has 1 atom stereocenters. The summed E-state index contributed by atoms with van der Waals surface area (Å²) in [7, 11) is 0. The molecule has 8 heteroatoms. The monoisotopic (exact) mass is 600 g/mol. The molecule has 4 aromatic rings. The molecule has 5 rings (SSSR count). The molecule has 0 radical (unpaired) electrons. The molecule has 3 aromatic carbocycles. The Kier molecular flexibility index (Phi) is 6.14. The molecule has 0 bridgehead atoms. The van der Waals surface area contributed by atoms with Crippen LogP contribution in [0.4, 0.5) is 0 Å². The Bertz CT molecular complexity index is 1580. The number of thiazole rings is 1. The first-order chi connectivity index (χ1) is 15.9. The molecule has 0 fully saturated rings. The molecule has 4 nitrogen and oxygen atoms in total. The first-order valence-electron chi connectivity index (χ1n) is 9.93. The Hall–Kier alpha value is -2.45. The maximum atomic E-state index is 13.5. The number of rotatable bonds is 3. The maximum absolute atomic E-state index is 13.5. The van der Waals surface area contributed by atoms with Crippen LogP contribution in [0, 0.1) is 0 Å². The van der Waals surface area contributed by atoms with Crippen molar-refractivity contribution in [3.8, 4) is 5.75 Å². The van der Waals surface area contributed by atoms with Crippen molar-refractivity contribution in [3.05, 3.63) is 123 Å². The summed E-state index contributed by atoms with van der Waals surface area (Å²) in [5.74, 6) is -0.0693. The van der Waals surface area contributed by atoms with Gasteiger partial charge in [-0.2, -0.15) is 0 Å². The first kappa shape index (κ1) is 22.3. The highest BCUT2D eigenvalue weighted by Crippen LogP contribution is 2.32. The molecule has 2 heterocycles. The predicted octanol–water partition coefficient (Wildman–Crippen LogP) is 5.89. The summed E-state index contributed by atoms with van der Waals surface area (Å²) in [5, 5.41) is 10.6. The van der Waals surface area contributed by atoms with Crippen molar-refractivity contribution >= 4 is 66.6 Å². The smallest absolute Gasteiger partial charge is 0.271 e. The minimum Gasteiger partial charge on any atom is -0.506 e. The van der Waals surface area contributed by atoms with E-state index >= 15 is 0 Å². The first-order valence-corrected chi connectivity index (χ1v) is 12.7. The van der Waals surface area contributed by atoms with E-state index in [0.29, 0.717) is 19.4 Å². The minimum atomic E-state index is -0.314. The second-order valence-electron chi connectivity index (χ2n) is 7.42. The lowest BCUT2D eigenvalue weighted by Crippen LogP contribution is -2.36. The maximum Gasteiger partial charge on any atom is 0.271 e. The number of allylic oxidation sites excluding steroid dienone is 1. The van der Waals surface area contributed by atoms with E-state index in [1.807, 2.05) is 60.7 Å². The zero-order valence-corrected chi connectivity index (χ0v) is 21.6. The molecule has 164 valence electrons. The van der Waals surface area contributed by atoms with E-state index in [2.05, 4.69) is 31.9 Å². The molecule has 0 amide bonds. The van der Waals surface area contributed by atoms with Crippen molar-refractivity contribution in [2.45, 2.75) is 6.04 Å². The summed E-state index contributed by atoms with van der Waals surface area (Å²) < 4.78 is 3.84. The number of aromatic nitrogens is 1. The summed E-state index contributed by atoms with van der Waals surface area (Å²) in [4.78, 5) is 18.9. The van der Waals surface area contributed by atoms with E-state index in [1.54, 1.807) is 22.8 Å². The molecule has 1 aliphatic heterocycles. The quantitative estimate of drug-likeness (QED) is 0.318. The zero-order valence-electron chi connectivity index (χ0n) is 16.9. The van der Waals surface area contributed by atoms with Gasteiger partial charge in [-0.25, -0.2) is 4.99 Å². The van der Waals surface area contributed by atoms with Crippen molar-refractivity contribution in [2.24, 2.45) is 4.99 Å². The Morgan fingerprint density at radius 1 is 1.03 bits per heavy atom. The summed E-state index contributed by atoms with van der Waals surface area (Å²) in [6.07, 6.45) is 3.66. The van der Waals surface area contributed by atoms with Crippen LogP contribution in [0.5, 0.6) is 5.75 Å². The van der Waals surface area contributed by atoms with Gasteiger partial charge in [-0.3, -0.25) is 9.36 Å². The van der Waals surface area contributed by atoms with Crippen LogP contribution in [0.3, 0.4) is 0 Å². The third-order valence-corrected chi connectivity index (χ3v) is 7.53. The van der Waals surface area contributed by atoms with Crippen molar-refractivity contribution < 1.29 is 5.11 Å². The van der Waals surface area contributed by atoms with Gasteiger partial charge in [0.25, 0.3) is 5.56 Å². The normalized spacial score (nSPS) is 15.7. The number of aromatic hydroxyl groups is 1. The van der Waals surface area contributed by atoms with E-state index < -0.39 is 0 Å². The average Bonchev–Trinajstić information content (AvgIpc) is 3.13. The van der Waals surface area contributed by atoms with Crippen LogP contribution in [0.25, 0.3) is 11.8 Å². The second-order valence-corrected chi connectivity index (χ2v) is 10.7. The van der Waals surface area contributed by atoms with Crippen LogP contribution in [-0.4, -0.2) is 9.67 Å². The fraction of sp³-hybridized carbons (Fsp3) is 0.0400. The summed E-state index contributed by atoms with van der Waals surface area (Å²) in [6.45, 7) is 0. The lowest BCUT2D eigenvalue weighted by molar-refractivity contribution is 0.474. The van der Waals surface area contributed by atoms with Crippen molar-refractivity contribution in [1.82, 2.24) is 4.57 Å². The molecule has 33 heavy (non-hydrogen) atoms. The fourth-order valence-corrected chi connectivity index (χ4v) is 5.79. The molecule has 1 aromatic heterocycles. The third kappa shape index (κ3) is 4.38. The van der Waals surface area contributed by atoms with Crippen LogP contribution in [-0.2, 0) is 0 Å². The number of phenolic OH excluding ortho intramolecular Hbond substituents is 1. The van der Waals surface area contributed by atoms with Crippen LogP contribution < -0.4 is 14.9 Å². The van der Waals surface area contributed by atoms with Crippen molar-refractivity contribution in [1.29, 1.82) is 0 Å². The lowest BCUT2D eigenvalue weighted by Gasteiger charge is -2.19. The van der Waals surface area contributed by atoms with E-state index in [1.165, 1.54) is 11.3 Å². The number of hydrogen-bond donors (Lipinski definition) is 1. The second kappa shape index (κ2) is 9.06. The fourth-order valence-electron chi connectivity index (χ4n) is 3.69. The number of fused-ring (bicyclic) bond motifs is 1. The minimum absolute atomic E-state index is 0.0693. The highest BCUT2D eigenvalue weighted by atomic mass is 79.9. The van der Waals surface area contributed by atoms with Gasteiger partial charge in [0.05, 0.1) is 21.3 Å². The largest absolute Gasteiger partial charge is 0.506 e. The van der Waals surface area contributed by atoms with Gasteiger partial charge in [-0.05, 0) is 47.5 Å². The van der Waals surface area contributed by atoms with Gasteiger partial charge in [-0.1, -0.05) is 97.3 Å². The van der Waals surface area contributed by atoms with Crippen LogP contribution in [0.15, 0.2) is 91.5 Å². The molecule has 1 N–H and O–H groups in total. The van der Waals surface area contributed by atoms with Gasteiger partial charge < -0.3 is 5.11 Å². The van der Waals surface area contributed by atoms with E-state index in [9.17, 15) is 9.90 Å². The highest BCUT2D eigenvalue weighted by molar-refractivity contribution is 9.10. The summed E-state index contributed by atoms with van der Waals surface area (Å²) in [5.41, 5.74) is 3.05. The van der Waals surface area contributed by atoms with E-state index in [-0.39, 0.29) is 22.4 Å². The Morgan fingerprint density at radius 2 is 1.76 bits per heavy atom. The molecule has 0 spiro atoms. The highest BCUT2D eigenvalue weighted by Gasteiger charge is 2.22. The number of benzene rings is 3. The molecular formula is C25H15Br2ClN2O2S. The average molecular weight is 603 g/mol. The van der Waals surface area contributed by atoms with Crippen LogP contribution in [0.1, 0.15) is 22.7 Å². The van der Waals surface area contributed by atoms with E-state index in [0.717, 1.165) is 21.3 Å². The molecule has 0 saturated heterocycles. The number of halogens is 3.